The minimum atomic E-state index is -0.141. The maximum Gasteiger partial charge on any atom is 0.258 e. The summed E-state index contributed by atoms with van der Waals surface area (Å²) < 4.78 is 11.2. The number of ether oxygens (including phenoxy) is 2. The van der Waals surface area contributed by atoms with E-state index >= 15 is 0 Å². The Hall–Kier alpha value is -1.27. The lowest BCUT2D eigenvalue weighted by molar-refractivity contribution is 0.0674. The van der Waals surface area contributed by atoms with Crippen molar-refractivity contribution in [1.29, 1.82) is 0 Å². The number of hydrogen-bond acceptors (Lipinski definition) is 4. The lowest BCUT2D eigenvalue weighted by Gasteiger charge is -2.24. The number of rotatable bonds is 4. The molecule has 1 N–H and O–H groups in total. The van der Waals surface area contributed by atoms with Gasteiger partial charge in [-0.1, -0.05) is 0 Å². The number of carbonyl (C=O) groups is 1. The summed E-state index contributed by atoms with van der Waals surface area (Å²) in [5.74, 6) is 0.929. The second-order valence-corrected chi connectivity index (χ2v) is 5.52. The third-order valence-electron chi connectivity index (χ3n) is 3.54. The first-order chi connectivity index (χ1) is 9.62. The van der Waals surface area contributed by atoms with Crippen molar-refractivity contribution in [1.82, 2.24) is 4.90 Å². The van der Waals surface area contributed by atoms with Crippen LogP contribution in [0, 0.1) is 0 Å². The molecule has 1 amide bonds. The van der Waals surface area contributed by atoms with Gasteiger partial charge in [0.25, 0.3) is 5.91 Å². The van der Waals surface area contributed by atoms with E-state index in [4.69, 9.17) is 9.47 Å². The topological polar surface area (TPSA) is 59.0 Å². The molecule has 6 heteroatoms. The molecule has 1 aromatic rings. The molecule has 0 radical (unpaired) electrons. The van der Waals surface area contributed by atoms with Crippen molar-refractivity contribution >= 4 is 21.8 Å². The van der Waals surface area contributed by atoms with Crippen LogP contribution in [-0.4, -0.2) is 49.3 Å². The number of benzene rings is 1. The predicted octanol–water partition coefficient (Wildman–Crippen LogP) is 2.06. The summed E-state index contributed by atoms with van der Waals surface area (Å²) in [5, 5.41) is 9.35. The molecule has 1 heterocycles. The Morgan fingerprint density at radius 1 is 1.45 bits per heavy atom. The van der Waals surface area contributed by atoms with Gasteiger partial charge in [0.05, 0.1) is 36.9 Å². The molecule has 1 atom stereocenters. The van der Waals surface area contributed by atoms with Crippen molar-refractivity contribution in [2.45, 2.75) is 18.9 Å². The van der Waals surface area contributed by atoms with Gasteiger partial charge in [-0.2, -0.15) is 0 Å². The number of methoxy groups -OCH3 is 2. The van der Waals surface area contributed by atoms with Crippen LogP contribution in [0.3, 0.4) is 0 Å². The highest BCUT2D eigenvalue weighted by Gasteiger charge is 2.31. The summed E-state index contributed by atoms with van der Waals surface area (Å²) >= 11 is 3.38. The number of carbonyl (C=O) groups excluding carboxylic acids is 1. The minimum absolute atomic E-state index is 0.0147. The molecule has 1 saturated heterocycles. The van der Waals surface area contributed by atoms with Gasteiger partial charge in [-0.15, -0.1) is 0 Å². The van der Waals surface area contributed by atoms with E-state index in [1.807, 2.05) is 0 Å². The Labute approximate surface area is 126 Å². The summed E-state index contributed by atoms with van der Waals surface area (Å²) in [6, 6.07) is 3.30. The van der Waals surface area contributed by atoms with E-state index in [9.17, 15) is 9.90 Å². The molecule has 1 aliphatic rings. The lowest BCUT2D eigenvalue weighted by atomic mass is 10.1. The number of likely N-dealkylation sites (tertiary alicyclic amines) is 1. The van der Waals surface area contributed by atoms with Crippen molar-refractivity contribution < 1.29 is 19.4 Å². The molecular formula is C14H18BrNO4. The summed E-state index contributed by atoms with van der Waals surface area (Å²) in [6.45, 7) is 0.640. The maximum absolute atomic E-state index is 12.7. The van der Waals surface area contributed by atoms with E-state index < -0.39 is 0 Å². The molecule has 110 valence electrons. The van der Waals surface area contributed by atoms with Crippen LogP contribution in [0.1, 0.15) is 23.2 Å². The fourth-order valence-electron chi connectivity index (χ4n) is 2.50. The molecule has 0 spiro atoms. The monoisotopic (exact) mass is 343 g/mol. The van der Waals surface area contributed by atoms with Crippen molar-refractivity contribution in [3.8, 4) is 11.5 Å². The summed E-state index contributed by atoms with van der Waals surface area (Å²) in [4.78, 5) is 14.4. The molecule has 0 aromatic heterocycles. The molecule has 0 bridgehead atoms. The van der Waals surface area contributed by atoms with E-state index in [0.717, 1.165) is 12.8 Å². The highest BCUT2D eigenvalue weighted by atomic mass is 79.9. The van der Waals surface area contributed by atoms with Crippen LogP contribution in [0.2, 0.25) is 0 Å². The summed E-state index contributed by atoms with van der Waals surface area (Å²) in [6.07, 6.45) is 1.74. The van der Waals surface area contributed by atoms with E-state index in [1.54, 1.807) is 24.1 Å². The molecule has 0 aliphatic carbocycles. The highest BCUT2D eigenvalue weighted by Crippen LogP contribution is 2.35. The number of aliphatic hydroxyl groups is 1. The van der Waals surface area contributed by atoms with Gasteiger partial charge in [0, 0.05) is 6.54 Å². The van der Waals surface area contributed by atoms with Gasteiger partial charge in [0.1, 0.15) is 11.5 Å². The van der Waals surface area contributed by atoms with Crippen molar-refractivity contribution in [2.75, 3.05) is 27.4 Å². The smallest absolute Gasteiger partial charge is 0.258 e. The Morgan fingerprint density at radius 2 is 2.20 bits per heavy atom. The average molecular weight is 344 g/mol. The molecule has 2 rings (SSSR count). The molecule has 0 unspecified atom stereocenters. The van der Waals surface area contributed by atoms with E-state index in [2.05, 4.69) is 15.9 Å². The standard InChI is InChI=1S/C14H18BrNO4/c1-19-10-6-11(13(20-2)12(15)7-10)14(18)16-5-3-4-9(16)8-17/h6-7,9,17H,3-5,8H2,1-2H3/t9-/m1/s1. The normalized spacial score (nSPS) is 18.2. The van der Waals surface area contributed by atoms with Crippen LogP contribution in [0.15, 0.2) is 16.6 Å². The molecule has 1 aromatic carbocycles. The molecule has 20 heavy (non-hydrogen) atoms. The zero-order valence-corrected chi connectivity index (χ0v) is 13.1. The summed E-state index contributed by atoms with van der Waals surface area (Å²) in [5.41, 5.74) is 0.444. The second-order valence-electron chi connectivity index (χ2n) is 4.67. The van der Waals surface area contributed by atoms with Crippen LogP contribution in [0.4, 0.5) is 0 Å². The van der Waals surface area contributed by atoms with Crippen LogP contribution >= 0.6 is 15.9 Å². The van der Waals surface area contributed by atoms with Gasteiger partial charge in [-0.3, -0.25) is 4.79 Å². The number of hydrogen-bond donors (Lipinski definition) is 1. The Bertz CT molecular complexity index is 506. The molecule has 0 saturated carbocycles. The highest BCUT2D eigenvalue weighted by molar-refractivity contribution is 9.10. The van der Waals surface area contributed by atoms with Gasteiger partial charge in [0.2, 0.25) is 0 Å². The predicted molar refractivity (Wildman–Crippen MR) is 78.4 cm³/mol. The SMILES string of the molecule is COc1cc(Br)c(OC)c(C(=O)N2CCC[C@@H]2CO)c1. The first kappa shape index (κ1) is 15.1. The van der Waals surface area contributed by atoms with Crippen LogP contribution in [0.25, 0.3) is 0 Å². The average Bonchev–Trinajstić information content (AvgIpc) is 2.93. The first-order valence-electron chi connectivity index (χ1n) is 6.45. The van der Waals surface area contributed by atoms with E-state index in [1.165, 1.54) is 7.11 Å². The molecule has 5 nitrogen and oxygen atoms in total. The van der Waals surface area contributed by atoms with Crippen molar-refractivity contribution in [3.05, 3.63) is 22.2 Å². The number of halogens is 1. The maximum atomic E-state index is 12.7. The zero-order valence-electron chi connectivity index (χ0n) is 11.6. The fourth-order valence-corrected chi connectivity index (χ4v) is 3.10. The largest absolute Gasteiger partial charge is 0.497 e. The minimum Gasteiger partial charge on any atom is -0.497 e. The molecule has 1 fully saturated rings. The Balaban J connectivity index is 2.40. The van der Waals surface area contributed by atoms with Gasteiger partial charge >= 0.3 is 0 Å². The first-order valence-corrected chi connectivity index (χ1v) is 7.25. The van der Waals surface area contributed by atoms with Crippen LogP contribution in [-0.2, 0) is 0 Å². The fraction of sp³-hybridized carbons (Fsp3) is 0.500. The van der Waals surface area contributed by atoms with Gasteiger partial charge in [0.15, 0.2) is 0 Å². The van der Waals surface area contributed by atoms with E-state index in [-0.39, 0.29) is 18.6 Å². The number of amides is 1. The van der Waals surface area contributed by atoms with Crippen molar-refractivity contribution in [3.63, 3.8) is 0 Å². The van der Waals surface area contributed by atoms with Gasteiger partial charge in [-0.25, -0.2) is 0 Å². The zero-order chi connectivity index (χ0) is 14.7. The summed E-state index contributed by atoms with van der Waals surface area (Å²) in [7, 11) is 3.08. The third-order valence-corrected chi connectivity index (χ3v) is 4.13. The molecule has 1 aliphatic heterocycles. The van der Waals surface area contributed by atoms with E-state index in [0.29, 0.717) is 28.1 Å². The van der Waals surface area contributed by atoms with Crippen LogP contribution < -0.4 is 9.47 Å². The lowest BCUT2D eigenvalue weighted by Crippen LogP contribution is -2.37. The Morgan fingerprint density at radius 3 is 2.80 bits per heavy atom. The quantitative estimate of drug-likeness (QED) is 0.909. The molecular weight excluding hydrogens is 326 g/mol. The number of aliphatic hydroxyl groups excluding tert-OH is 1. The van der Waals surface area contributed by atoms with Crippen LogP contribution in [0.5, 0.6) is 11.5 Å². The van der Waals surface area contributed by atoms with Crippen molar-refractivity contribution in [2.24, 2.45) is 0 Å². The number of nitrogens with zero attached hydrogens (tertiary/aromatic N) is 1. The third kappa shape index (κ3) is 2.76. The van der Waals surface area contributed by atoms with Gasteiger partial charge in [-0.05, 0) is 40.9 Å². The Kier molecular flexibility index (Phi) is 4.88. The second kappa shape index (κ2) is 6.45. The van der Waals surface area contributed by atoms with Gasteiger partial charge < -0.3 is 19.5 Å².